The Morgan fingerprint density at radius 2 is 0.581 bits per heavy atom. The van der Waals surface area contributed by atoms with Gasteiger partial charge in [-0.2, -0.15) is 0 Å². The number of nitrogens with zero attached hydrogens (tertiary/aromatic N) is 2. The van der Waals surface area contributed by atoms with E-state index in [1.165, 1.54) is 167 Å². The Morgan fingerprint density at radius 1 is 0.324 bits per heavy atom. The van der Waals surface area contributed by atoms with E-state index in [0.717, 1.165) is 114 Å². The maximum absolute atomic E-state index is 15.2. The molecule has 9 rings (SSSR count). The molecule has 0 aliphatic rings. The molecule has 0 aliphatic heterocycles. The molecule has 2 aromatic heterocycles. The van der Waals surface area contributed by atoms with Gasteiger partial charge in [0.1, 0.15) is 4.64 Å². The molecule has 2 atom stereocenters. The Balaban J connectivity index is 1.09. The van der Waals surface area contributed by atoms with Crippen molar-refractivity contribution >= 4 is 98.4 Å². The van der Waals surface area contributed by atoms with E-state index < -0.39 is 0 Å². The molecule has 0 saturated heterocycles. The third kappa shape index (κ3) is 11.5. The Morgan fingerprint density at radius 3 is 0.905 bits per heavy atom. The zero-order valence-corrected chi connectivity index (χ0v) is 47.2. The van der Waals surface area contributed by atoms with Crippen molar-refractivity contribution in [1.82, 2.24) is 9.13 Å². The summed E-state index contributed by atoms with van der Waals surface area (Å²) in [6.07, 6.45) is 40.1. The van der Waals surface area contributed by atoms with Gasteiger partial charge < -0.3 is 0 Å². The third-order valence-corrected chi connectivity index (χ3v) is 18.4. The summed E-state index contributed by atoms with van der Waals surface area (Å²) >= 11 is 6.49. The molecule has 0 fully saturated rings. The fourth-order valence-corrected chi connectivity index (χ4v) is 14.1. The van der Waals surface area contributed by atoms with Crippen molar-refractivity contribution in [3.05, 3.63) is 84.2 Å². The van der Waals surface area contributed by atoms with Crippen LogP contribution in [0.25, 0.3) is 86.2 Å². The molecule has 7 aromatic carbocycles. The van der Waals surface area contributed by atoms with Crippen LogP contribution in [-0.2, 0) is 13.1 Å². The molecule has 0 saturated carbocycles. The number of unbranched alkanes of at least 4 members (excludes halogenated alkanes) is 24. The lowest BCUT2D eigenvalue weighted by Gasteiger charge is -2.25. The normalized spacial score (nSPS) is 13.5. The number of hydrogen-bond acceptors (Lipinski definition) is 4. The van der Waals surface area contributed by atoms with Crippen LogP contribution in [0.15, 0.2) is 62.9 Å². The number of benzene rings is 7. The van der Waals surface area contributed by atoms with Crippen LogP contribution in [0.3, 0.4) is 0 Å². The molecule has 0 aliphatic carbocycles. The molecule has 74 heavy (non-hydrogen) atoms. The van der Waals surface area contributed by atoms with Crippen LogP contribution < -0.4 is 16.7 Å². The maximum Gasteiger partial charge on any atom is 0.261 e. The van der Waals surface area contributed by atoms with Crippen molar-refractivity contribution in [2.75, 3.05) is 0 Å². The van der Waals surface area contributed by atoms with Crippen molar-refractivity contribution in [2.24, 2.45) is 11.8 Å². The minimum atomic E-state index is -0.149. The molecule has 0 radical (unpaired) electrons. The van der Waals surface area contributed by atoms with E-state index in [4.69, 9.17) is 12.2 Å². The highest BCUT2D eigenvalue weighted by molar-refractivity contribution is 7.71. The van der Waals surface area contributed by atoms with E-state index in [9.17, 15) is 0 Å². The first-order valence-electron chi connectivity index (χ1n) is 30.8. The smallest absolute Gasteiger partial charge is 0.261 e. The topological polar surface area (TPSA) is 61.1 Å². The van der Waals surface area contributed by atoms with Gasteiger partial charge in [-0.05, 0) is 105 Å². The summed E-state index contributed by atoms with van der Waals surface area (Å²) < 4.78 is 4.27. The zero-order valence-electron chi connectivity index (χ0n) is 46.3. The molecule has 2 heterocycles. The van der Waals surface area contributed by atoms with Crippen LogP contribution in [0.5, 0.6) is 0 Å². The highest BCUT2D eigenvalue weighted by atomic mass is 32.1. The van der Waals surface area contributed by atoms with Gasteiger partial charge in [0.05, 0.1) is 0 Å². The van der Waals surface area contributed by atoms with Crippen LogP contribution in [0.1, 0.15) is 233 Å². The third-order valence-electron chi connectivity index (χ3n) is 18.0. The molecule has 6 heteroatoms. The van der Waals surface area contributed by atoms with Crippen LogP contribution in [0.4, 0.5) is 0 Å². The second kappa shape index (κ2) is 26.1. The Labute approximate surface area is 447 Å². The van der Waals surface area contributed by atoms with Crippen LogP contribution in [0, 0.1) is 16.5 Å². The lowest BCUT2D eigenvalue weighted by molar-refractivity contribution is 0.350. The first-order valence-corrected chi connectivity index (χ1v) is 31.2. The number of aromatic nitrogens is 2. The van der Waals surface area contributed by atoms with Gasteiger partial charge in [0.2, 0.25) is 0 Å². The summed E-state index contributed by atoms with van der Waals surface area (Å²) in [6.45, 7) is 10.3. The summed E-state index contributed by atoms with van der Waals surface area (Å²) in [5.41, 5.74) is -0.266. The summed E-state index contributed by atoms with van der Waals surface area (Å²) in [7, 11) is 0. The first-order chi connectivity index (χ1) is 36.3. The van der Waals surface area contributed by atoms with E-state index in [2.05, 4.69) is 76.2 Å². The SMILES string of the molecule is CCCCCCCCCCC(CCCCCCCC)Cn1c(=O)c2cc3ccc4cc5c(=O)n(CC(CCCCCCCC)CCCCCCCCCC)c(=S)c6cc7ccc8cc(c1=O)c2c1c3c4c(c56)c7c81. The van der Waals surface area contributed by atoms with Gasteiger partial charge >= 0.3 is 0 Å². The van der Waals surface area contributed by atoms with Crippen molar-refractivity contribution in [1.29, 1.82) is 0 Å². The Kier molecular flexibility index (Phi) is 19.2. The van der Waals surface area contributed by atoms with E-state index in [0.29, 0.717) is 40.3 Å². The average Bonchev–Trinajstić information content (AvgIpc) is 3.41. The number of rotatable bonds is 36. The van der Waals surface area contributed by atoms with Gasteiger partial charge in [-0.25, -0.2) is 0 Å². The first kappa shape index (κ1) is 54.4. The second-order valence-electron chi connectivity index (χ2n) is 23.5. The van der Waals surface area contributed by atoms with Crippen LogP contribution >= 0.6 is 12.2 Å². The van der Waals surface area contributed by atoms with Gasteiger partial charge in [-0.3, -0.25) is 23.5 Å². The van der Waals surface area contributed by atoms with Gasteiger partial charge in [0.25, 0.3) is 16.7 Å². The summed E-state index contributed by atoms with van der Waals surface area (Å²) in [5.74, 6) is 0.704. The molecule has 0 bridgehead atoms. The van der Waals surface area contributed by atoms with E-state index in [1.807, 2.05) is 4.57 Å². The monoisotopic (exact) mass is 1010 g/mol. The molecule has 2 unspecified atom stereocenters. The van der Waals surface area contributed by atoms with Crippen molar-refractivity contribution in [2.45, 2.75) is 246 Å². The van der Waals surface area contributed by atoms with Crippen LogP contribution in [-0.4, -0.2) is 9.13 Å². The predicted octanol–water partition coefficient (Wildman–Crippen LogP) is 20.3. The van der Waals surface area contributed by atoms with Gasteiger partial charge in [0, 0.05) is 56.2 Å². The molecule has 0 amide bonds. The van der Waals surface area contributed by atoms with Gasteiger partial charge in [0.15, 0.2) is 0 Å². The van der Waals surface area contributed by atoms with E-state index in [-0.39, 0.29) is 16.7 Å². The fourth-order valence-electron chi connectivity index (χ4n) is 13.8. The minimum Gasteiger partial charge on any atom is -0.298 e. The quantitative estimate of drug-likeness (QED) is 0.0170. The van der Waals surface area contributed by atoms with Crippen molar-refractivity contribution in [3.8, 4) is 0 Å². The lowest BCUT2D eigenvalue weighted by Crippen LogP contribution is -2.35. The van der Waals surface area contributed by atoms with E-state index >= 15 is 14.4 Å². The van der Waals surface area contributed by atoms with Crippen molar-refractivity contribution < 1.29 is 0 Å². The largest absolute Gasteiger partial charge is 0.298 e. The molecule has 0 N–H and O–H groups in total. The summed E-state index contributed by atoms with van der Waals surface area (Å²) in [5, 5.41) is 15.5. The standard InChI is InChI=1S/C68H90N2O3S/c1-5-9-13-17-21-23-27-31-34-47(33-29-25-19-15-11-7-3)45-69-65(71)53-41-49-37-38-51-43-55-62-56(44-52-40-39-50-42-54(66(69)72)61(53)63-57(49)59(51)64(62)60(52)58(50)63)68(74)70(67(55)73)46-48(35-30-26-20-16-12-8-4)36-32-28-24-22-18-14-10-6-2/h37-44,47-48H,5-36,45-46H2,1-4H3. The molecular weight excluding hydrogens is 925 g/mol. The minimum absolute atomic E-state index is 0.0319. The van der Waals surface area contributed by atoms with Gasteiger partial charge in [-0.15, -0.1) is 0 Å². The predicted molar refractivity (Wildman–Crippen MR) is 325 cm³/mol. The lowest BCUT2D eigenvalue weighted by atomic mass is 9.80. The summed E-state index contributed by atoms with van der Waals surface area (Å²) in [4.78, 5) is 45.4. The average molecular weight is 1020 g/mol. The molecule has 5 nitrogen and oxygen atoms in total. The highest BCUT2D eigenvalue weighted by Gasteiger charge is 2.28. The Hall–Kier alpha value is -4.42. The molecule has 396 valence electrons. The fraction of sp³-hybridized carbons (Fsp3) is 0.588. The molecular formula is C68H90N2O3S. The van der Waals surface area contributed by atoms with Crippen molar-refractivity contribution in [3.63, 3.8) is 0 Å². The number of hydrogen-bond donors (Lipinski definition) is 0. The molecule has 9 aromatic rings. The Bertz CT molecular complexity index is 3020. The molecule has 0 spiro atoms. The number of pyridine rings is 2. The maximum atomic E-state index is 15.2. The van der Waals surface area contributed by atoms with Gasteiger partial charge in [-0.1, -0.05) is 244 Å². The summed E-state index contributed by atoms with van der Waals surface area (Å²) in [6, 6.07) is 17.3. The zero-order chi connectivity index (χ0) is 51.6. The second-order valence-corrected chi connectivity index (χ2v) is 23.9. The van der Waals surface area contributed by atoms with Crippen LogP contribution in [0.2, 0.25) is 0 Å². The highest BCUT2D eigenvalue weighted by Crippen LogP contribution is 2.51. The van der Waals surface area contributed by atoms with E-state index in [1.54, 1.807) is 4.57 Å².